The molecule has 0 aliphatic carbocycles. The maximum absolute atomic E-state index is 13.4. The number of ether oxygens (including phenoxy) is 1. The van der Waals surface area contributed by atoms with E-state index >= 15 is 0 Å². The average Bonchev–Trinajstić information content (AvgIpc) is 2.47. The zero-order valence-corrected chi connectivity index (χ0v) is 11.4. The van der Waals surface area contributed by atoms with Crippen LogP contribution in [-0.4, -0.2) is 18.8 Å². The van der Waals surface area contributed by atoms with E-state index in [1.54, 1.807) is 37.4 Å². The van der Waals surface area contributed by atoms with Gasteiger partial charge in [-0.3, -0.25) is 0 Å². The highest BCUT2D eigenvalue weighted by Crippen LogP contribution is 2.22. The maximum atomic E-state index is 13.4. The molecule has 0 unspecified atom stereocenters. The third-order valence-electron chi connectivity index (χ3n) is 3.13. The highest BCUT2D eigenvalue weighted by atomic mass is 19.1. The summed E-state index contributed by atoms with van der Waals surface area (Å²) in [5.41, 5.74) is 1.45. The average molecular weight is 275 g/mol. The molecule has 2 aromatic rings. The van der Waals surface area contributed by atoms with Crippen LogP contribution in [0.25, 0.3) is 0 Å². The summed E-state index contributed by atoms with van der Waals surface area (Å²) >= 11 is 0. The van der Waals surface area contributed by atoms with E-state index in [9.17, 15) is 9.50 Å². The third-order valence-corrected chi connectivity index (χ3v) is 3.13. The molecule has 0 fully saturated rings. The van der Waals surface area contributed by atoms with Gasteiger partial charge < -0.3 is 15.2 Å². The van der Waals surface area contributed by atoms with Crippen molar-refractivity contribution in [2.45, 2.75) is 13.0 Å². The Hall–Kier alpha value is -2.07. The molecular formula is C16H18FNO2. The molecule has 4 heteroatoms. The van der Waals surface area contributed by atoms with Crippen molar-refractivity contribution in [1.82, 2.24) is 5.32 Å². The Morgan fingerprint density at radius 3 is 2.70 bits per heavy atom. The quantitative estimate of drug-likeness (QED) is 0.797. The first-order chi connectivity index (χ1) is 9.70. The molecule has 20 heavy (non-hydrogen) atoms. The van der Waals surface area contributed by atoms with Gasteiger partial charge in [0.1, 0.15) is 17.3 Å². The highest BCUT2D eigenvalue weighted by molar-refractivity contribution is 5.39. The molecule has 0 aromatic heterocycles. The standard InChI is InChI=1S/C16H18FNO2/c1-20-14-6-7-16(19)13(10-14)11-18-9-8-12-4-2-3-5-15(12)17/h2-7,10,18-19H,8-9,11H2,1H3. The van der Waals surface area contributed by atoms with Gasteiger partial charge >= 0.3 is 0 Å². The molecule has 3 nitrogen and oxygen atoms in total. The van der Waals surface area contributed by atoms with E-state index in [0.717, 1.165) is 5.56 Å². The number of hydrogen-bond donors (Lipinski definition) is 2. The van der Waals surface area contributed by atoms with E-state index in [2.05, 4.69) is 5.32 Å². The number of halogens is 1. The van der Waals surface area contributed by atoms with Crippen LogP contribution in [0.2, 0.25) is 0 Å². The molecule has 0 bridgehead atoms. The molecule has 0 atom stereocenters. The number of aromatic hydroxyl groups is 1. The van der Waals surface area contributed by atoms with E-state index in [4.69, 9.17) is 4.74 Å². The van der Waals surface area contributed by atoms with Crippen LogP contribution >= 0.6 is 0 Å². The van der Waals surface area contributed by atoms with Crippen molar-refractivity contribution in [1.29, 1.82) is 0 Å². The SMILES string of the molecule is COc1ccc(O)c(CNCCc2ccccc2F)c1. The minimum atomic E-state index is -0.182. The lowest BCUT2D eigenvalue weighted by molar-refractivity contribution is 0.410. The molecule has 2 rings (SSSR count). The molecule has 2 N–H and O–H groups in total. The smallest absolute Gasteiger partial charge is 0.126 e. The minimum absolute atomic E-state index is 0.182. The minimum Gasteiger partial charge on any atom is -0.508 e. The molecule has 0 amide bonds. The summed E-state index contributed by atoms with van der Waals surface area (Å²) in [6.07, 6.45) is 0.609. The van der Waals surface area contributed by atoms with Crippen LogP contribution < -0.4 is 10.1 Å². The summed E-state index contributed by atoms with van der Waals surface area (Å²) in [6, 6.07) is 11.8. The summed E-state index contributed by atoms with van der Waals surface area (Å²) in [4.78, 5) is 0. The Morgan fingerprint density at radius 2 is 1.95 bits per heavy atom. The van der Waals surface area contributed by atoms with Crippen LogP contribution in [0.1, 0.15) is 11.1 Å². The van der Waals surface area contributed by atoms with Crippen LogP contribution in [0, 0.1) is 5.82 Å². The number of rotatable bonds is 6. The molecular weight excluding hydrogens is 257 g/mol. The van der Waals surface area contributed by atoms with Crippen molar-refractivity contribution >= 4 is 0 Å². The Kier molecular flexibility index (Phi) is 4.96. The Labute approximate surface area is 118 Å². The highest BCUT2D eigenvalue weighted by Gasteiger charge is 2.04. The first-order valence-electron chi connectivity index (χ1n) is 6.50. The Balaban J connectivity index is 1.86. The second-order valence-electron chi connectivity index (χ2n) is 4.51. The molecule has 0 aliphatic rings. The van der Waals surface area contributed by atoms with Gasteiger partial charge in [0.25, 0.3) is 0 Å². The second kappa shape index (κ2) is 6.91. The number of hydrogen-bond acceptors (Lipinski definition) is 3. The predicted molar refractivity (Wildman–Crippen MR) is 76.5 cm³/mol. The van der Waals surface area contributed by atoms with Crippen molar-refractivity contribution in [3.63, 3.8) is 0 Å². The molecule has 2 aromatic carbocycles. The van der Waals surface area contributed by atoms with Gasteiger partial charge in [0.2, 0.25) is 0 Å². The molecule has 0 saturated heterocycles. The van der Waals surface area contributed by atoms with Crippen molar-refractivity contribution < 1.29 is 14.2 Å². The number of nitrogens with one attached hydrogen (secondary N) is 1. The van der Waals surface area contributed by atoms with Crippen molar-refractivity contribution in [2.75, 3.05) is 13.7 Å². The summed E-state index contributed by atoms with van der Waals surface area (Å²) in [6.45, 7) is 1.15. The number of benzene rings is 2. The van der Waals surface area contributed by atoms with Crippen molar-refractivity contribution in [3.05, 3.63) is 59.4 Å². The van der Waals surface area contributed by atoms with Crippen LogP contribution in [0.5, 0.6) is 11.5 Å². The van der Waals surface area contributed by atoms with E-state index in [-0.39, 0.29) is 11.6 Å². The lowest BCUT2D eigenvalue weighted by Crippen LogP contribution is -2.17. The summed E-state index contributed by atoms with van der Waals surface area (Å²) in [5.74, 6) is 0.747. The van der Waals surface area contributed by atoms with Gasteiger partial charge in [-0.15, -0.1) is 0 Å². The van der Waals surface area contributed by atoms with Crippen LogP contribution in [0.4, 0.5) is 4.39 Å². The van der Waals surface area contributed by atoms with Gasteiger partial charge in [-0.05, 0) is 42.8 Å². The van der Waals surface area contributed by atoms with E-state index in [1.807, 2.05) is 6.07 Å². The lowest BCUT2D eigenvalue weighted by atomic mass is 10.1. The van der Waals surface area contributed by atoms with E-state index in [1.165, 1.54) is 6.07 Å². The monoisotopic (exact) mass is 275 g/mol. The molecule has 0 saturated carbocycles. The molecule has 0 spiro atoms. The van der Waals surface area contributed by atoms with Gasteiger partial charge in [-0.2, -0.15) is 0 Å². The number of phenolic OH excluding ortho intramolecular Hbond substituents is 1. The molecule has 0 radical (unpaired) electrons. The van der Waals surface area contributed by atoms with Gasteiger partial charge in [0.15, 0.2) is 0 Å². The van der Waals surface area contributed by atoms with Crippen molar-refractivity contribution in [3.8, 4) is 11.5 Å². The molecule has 0 aliphatic heterocycles. The largest absolute Gasteiger partial charge is 0.508 e. The zero-order chi connectivity index (χ0) is 14.4. The van der Waals surface area contributed by atoms with Crippen molar-refractivity contribution in [2.24, 2.45) is 0 Å². The fraction of sp³-hybridized carbons (Fsp3) is 0.250. The second-order valence-corrected chi connectivity index (χ2v) is 4.51. The van der Waals surface area contributed by atoms with Crippen LogP contribution in [-0.2, 0) is 13.0 Å². The summed E-state index contributed by atoms with van der Waals surface area (Å²) in [7, 11) is 1.59. The Bertz CT molecular complexity index is 572. The maximum Gasteiger partial charge on any atom is 0.126 e. The Morgan fingerprint density at radius 1 is 1.15 bits per heavy atom. The normalized spacial score (nSPS) is 10.5. The summed E-state index contributed by atoms with van der Waals surface area (Å²) < 4.78 is 18.5. The third kappa shape index (κ3) is 3.71. The first kappa shape index (κ1) is 14.3. The summed E-state index contributed by atoms with van der Waals surface area (Å²) in [5, 5.41) is 12.9. The molecule has 106 valence electrons. The van der Waals surface area contributed by atoms with Gasteiger partial charge in [0, 0.05) is 12.1 Å². The topological polar surface area (TPSA) is 41.5 Å². The van der Waals surface area contributed by atoms with E-state index in [0.29, 0.717) is 30.8 Å². The van der Waals surface area contributed by atoms with Gasteiger partial charge in [0.05, 0.1) is 7.11 Å². The van der Waals surface area contributed by atoms with E-state index < -0.39 is 0 Å². The van der Waals surface area contributed by atoms with Crippen LogP contribution in [0.15, 0.2) is 42.5 Å². The van der Waals surface area contributed by atoms with Gasteiger partial charge in [-0.1, -0.05) is 18.2 Å². The zero-order valence-electron chi connectivity index (χ0n) is 11.4. The predicted octanol–water partition coefficient (Wildman–Crippen LogP) is 2.87. The number of phenols is 1. The van der Waals surface area contributed by atoms with Crippen LogP contribution in [0.3, 0.4) is 0 Å². The number of methoxy groups -OCH3 is 1. The first-order valence-corrected chi connectivity index (χ1v) is 6.50. The lowest BCUT2D eigenvalue weighted by Gasteiger charge is -2.09. The molecule has 0 heterocycles. The fourth-order valence-corrected chi connectivity index (χ4v) is 1.98. The fourth-order valence-electron chi connectivity index (χ4n) is 1.98. The van der Waals surface area contributed by atoms with Gasteiger partial charge in [-0.25, -0.2) is 4.39 Å².